The molecule has 2 nitrogen and oxygen atoms in total. The second-order valence-corrected chi connectivity index (χ2v) is 5.73. The average Bonchev–Trinajstić information content (AvgIpc) is 3.15. The molecule has 1 unspecified atom stereocenters. The Bertz CT molecular complexity index is 448. The first-order valence-corrected chi connectivity index (χ1v) is 6.79. The van der Waals surface area contributed by atoms with E-state index in [1.165, 1.54) is 12.8 Å². The van der Waals surface area contributed by atoms with Gasteiger partial charge in [0.25, 0.3) is 0 Å². The zero-order chi connectivity index (χ0) is 13.3. The van der Waals surface area contributed by atoms with Gasteiger partial charge in [-0.2, -0.15) is 0 Å². The fraction of sp³-hybridized carbons (Fsp3) is 0.562. The summed E-state index contributed by atoms with van der Waals surface area (Å²) in [6.07, 6.45) is 2.65. The molecule has 0 aromatic heterocycles. The van der Waals surface area contributed by atoms with Gasteiger partial charge in [0.15, 0.2) is 5.78 Å². The molecule has 0 spiro atoms. The molecular formula is C16H23NO. The first kappa shape index (κ1) is 13.3. The summed E-state index contributed by atoms with van der Waals surface area (Å²) in [6.45, 7) is 6.81. The van der Waals surface area contributed by atoms with Crippen molar-refractivity contribution in [2.75, 3.05) is 13.6 Å². The van der Waals surface area contributed by atoms with Gasteiger partial charge in [0.05, 0.1) is 6.54 Å². The molecule has 1 saturated carbocycles. The topological polar surface area (TPSA) is 20.3 Å². The molecule has 1 fully saturated rings. The molecule has 1 aromatic rings. The smallest absolute Gasteiger partial charge is 0.177 e. The van der Waals surface area contributed by atoms with Crippen molar-refractivity contribution in [2.24, 2.45) is 5.92 Å². The Morgan fingerprint density at radius 2 is 2.06 bits per heavy atom. The maximum atomic E-state index is 12.3. The van der Waals surface area contributed by atoms with Crippen molar-refractivity contribution < 1.29 is 4.79 Å². The number of aryl methyl sites for hydroxylation is 2. The van der Waals surface area contributed by atoms with Gasteiger partial charge >= 0.3 is 0 Å². The minimum atomic E-state index is 0.242. The lowest BCUT2D eigenvalue weighted by atomic mass is 10.0. The normalized spacial score (nSPS) is 16.9. The third kappa shape index (κ3) is 2.99. The third-order valence-corrected chi connectivity index (χ3v) is 4.09. The summed E-state index contributed by atoms with van der Waals surface area (Å²) in [5.74, 6) is 1.05. The maximum Gasteiger partial charge on any atom is 0.177 e. The summed E-state index contributed by atoms with van der Waals surface area (Å²) < 4.78 is 0. The Balaban J connectivity index is 2.04. The summed E-state index contributed by atoms with van der Waals surface area (Å²) in [5, 5.41) is 0. The molecule has 0 aliphatic heterocycles. The molecule has 0 bridgehead atoms. The molecule has 2 rings (SSSR count). The van der Waals surface area contributed by atoms with Gasteiger partial charge in [-0.25, -0.2) is 0 Å². The van der Waals surface area contributed by atoms with Crippen LogP contribution in [0.4, 0.5) is 0 Å². The Hall–Kier alpha value is -1.15. The molecule has 2 heteroatoms. The van der Waals surface area contributed by atoms with E-state index in [1.54, 1.807) is 0 Å². The van der Waals surface area contributed by atoms with E-state index in [2.05, 4.69) is 24.9 Å². The quantitative estimate of drug-likeness (QED) is 0.742. The van der Waals surface area contributed by atoms with Crippen LogP contribution in [-0.4, -0.2) is 30.3 Å². The summed E-state index contributed by atoms with van der Waals surface area (Å²) in [7, 11) is 2.06. The predicted octanol–water partition coefficient (Wildman–Crippen LogP) is 3.22. The monoisotopic (exact) mass is 245 g/mol. The highest BCUT2D eigenvalue weighted by Gasteiger charge is 2.31. The lowest BCUT2D eigenvalue weighted by Crippen LogP contribution is -2.35. The molecule has 0 radical (unpaired) electrons. The summed E-state index contributed by atoms with van der Waals surface area (Å²) in [4.78, 5) is 14.5. The van der Waals surface area contributed by atoms with Crippen LogP contribution in [0.2, 0.25) is 0 Å². The first-order valence-electron chi connectivity index (χ1n) is 6.79. The van der Waals surface area contributed by atoms with Crippen molar-refractivity contribution in [2.45, 2.75) is 39.7 Å². The minimum absolute atomic E-state index is 0.242. The average molecular weight is 245 g/mol. The van der Waals surface area contributed by atoms with Gasteiger partial charge < -0.3 is 0 Å². The summed E-state index contributed by atoms with van der Waals surface area (Å²) in [5.41, 5.74) is 3.12. The number of nitrogens with zero attached hydrogens (tertiary/aromatic N) is 1. The van der Waals surface area contributed by atoms with Crippen molar-refractivity contribution >= 4 is 5.78 Å². The van der Waals surface area contributed by atoms with E-state index in [4.69, 9.17) is 0 Å². The van der Waals surface area contributed by atoms with Gasteiger partial charge in [0.2, 0.25) is 0 Å². The number of hydrogen-bond acceptors (Lipinski definition) is 2. The number of ketones is 1. The zero-order valence-electron chi connectivity index (χ0n) is 11.9. The van der Waals surface area contributed by atoms with Crippen LogP contribution >= 0.6 is 0 Å². The van der Waals surface area contributed by atoms with Crippen molar-refractivity contribution in [1.82, 2.24) is 4.90 Å². The van der Waals surface area contributed by atoms with Gasteiger partial charge in [-0.3, -0.25) is 9.69 Å². The van der Waals surface area contributed by atoms with Crippen LogP contribution in [-0.2, 0) is 0 Å². The highest BCUT2D eigenvalue weighted by atomic mass is 16.1. The number of carbonyl (C=O) groups excluding carboxylic acids is 1. The number of hydrogen-bond donors (Lipinski definition) is 0. The zero-order valence-corrected chi connectivity index (χ0v) is 11.9. The van der Waals surface area contributed by atoms with E-state index < -0.39 is 0 Å². The van der Waals surface area contributed by atoms with E-state index >= 15 is 0 Å². The number of benzene rings is 1. The molecule has 98 valence electrons. The van der Waals surface area contributed by atoms with Crippen LogP contribution in [0.3, 0.4) is 0 Å². The van der Waals surface area contributed by atoms with Crippen LogP contribution in [0.25, 0.3) is 0 Å². The van der Waals surface area contributed by atoms with Gasteiger partial charge in [0, 0.05) is 11.6 Å². The van der Waals surface area contributed by atoms with Crippen LogP contribution in [0, 0.1) is 19.8 Å². The van der Waals surface area contributed by atoms with Crippen molar-refractivity contribution in [1.29, 1.82) is 0 Å². The Labute approximate surface area is 110 Å². The molecule has 1 atom stereocenters. The Morgan fingerprint density at radius 3 is 2.67 bits per heavy atom. The fourth-order valence-corrected chi connectivity index (χ4v) is 2.43. The lowest BCUT2D eigenvalue weighted by molar-refractivity contribution is 0.0916. The molecule has 1 aromatic carbocycles. The van der Waals surface area contributed by atoms with Crippen molar-refractivity contribution in [3.05, 3.63) is 34.9 Å². The van der Waals surface area contributed by atoms with Gasteiger partial charge in [-0.1, -0.05) is 17.7 Å². The van der Waals surface area contributed by atoms with Crippen molar-refractivity contribution in [3.8, 4) is 0 Å². The van der Waals surface area contributed by atoms with Crippen LogP contribution < -0.4 is 0 Å². The number of Topliss-reactive ketones (excluding diaryl/α,β-unsaturated/α-hetero) is 1. The molecule has 18 heavy (non-hydrogen) atoms. The molecule has 1 aliphatic rings. The first-order chi connectivity index (χ1) is 8.49. The van der Waals surface area contributed by atoms with E-state index in [0.29, 0.717) is 12.6 Å². The van der Waals surface area contributed by atoms with Gasteiger partial charge in [-0.15, -0.1) is 0 Å². The van der Waals surface area contributed by atoms with Crippen molar-refractivity contribution in [3.63, 3.8) is 0 Å². The Morgan fingerprint density at radius 1 is 1.39 bits per heavy atom. The van der Waals surface area contributed by atoms with Gasteiger partial charge in [-0.05, 0) is 58.2 Å². The Kier molecular flexibility index (Phi) is 3.86. The van der Waals surface area contributed by atoms with Gasteiger partial charge in [0.1, 0.15) is 0 Å². The highest BCUT2D eigenvalue weighted by molar-refractivity contribution is 5.99. The van der Waals surface area contributed by atoms with E-state index in [-0.39, 0.29) is 5.78 Å². The molecule has 1 aliphatic carbocycles. The summed E-state index contributed by atoms with van der Waals surface area (Å²) in [6, 6.07) is 6.63. The molecular weight excluding hydrogens is 222 g/mol. The fourth-order valence-electron chi connectivity index (χ4n) is 2.43. The molecule has 0 N–H and O–H groups in total. The number of likely N-dealkylation sites (N-methyl/N-ethyl adjacent to an activating group) is 1. The largest absolute Gasteiger partial charge is 0.296 e. The molecule has 0 amide bonds. The van der Waals surface area contributed by atoms with E-state index in [9.17, 15) is 4.79 Å². The van der Waals surface area contributed by atoms with E-state index in [1.807, 2.05) is 26.0 Å². The maximum absolute atomic E-state index is 12.3. The SMILES string of the molecule is Cc1ccc(C)c(C(=O)CN(C)C(C)C2CC2)c1. The lowest BCUT2D eigenvalue weighted by Gasteiger charge is -2.24. The van der Waals surface area contributed by atoms with Crippen LogP contribution in [0.5, 0.6) is 0 Å². The standard InChI is InChI=1S/C16H23NO/c1-11-5-6-12(2)15(9-11)16(18)10-17(4)13(3)14-7-8-14/h5-6,9,13-14H,7-8,10H2,1-4H3. The molecule has 0 saturated heterocycles. The second kappa shape index (κ2) is 5.23. The predicted molar refractivity (Wildman–Crippen MR) is 75.1 cm³/mol. The number of carbonyl (C=O) groups is 1. The third-order valence-electron chi connectivity index (χ3n) is 4.09. The molecule has 0 heterocycles. The van der Waals surface area contributed by atoms with E-state index in [0.717, 1.165) is 22.6 Å². The highest BCUT2D eigenvalue weighted by Crippen LogP contribution is 2.34. The summed E-state index contributed by atoms with van der Waals surface area (Å²) >= 11 is 0. The number of rotatable bonds is 5. The second-order valence-electron chi connectivity index (χ2n) is 5.73. The minimum Gasteiger partial charge on any atom is -0.296 e. The van der Waals surface area contributed by atoms with Crippen LogP contribution in [0.15, 0.2) is 18.2 Å². The van der Waals surface area contributed by atoms with Crippen LogP contribution in [0.1, 0.15) is 41.3 Å².